The second kappa shape index (κ2) is 3.88. The molecule has 11 heavy (non-hydrogen) atoms. The molecule has 60 valence electrons. The normalized spacial score (nSPS) is 11.1. The number of likely N-dealkylation sites (N-methyl/N-ethyl adjacent to an activating group) is 1. The second-order valence-electron chi connectivity index (χ2n) is 2.24. The summed E-state index contributed by atoms with van der Waals surface area (Å²) in [6.45, 7) is 0.866. The van der Waals surface area contributed by atoms with E-state index in [-0.39, 0.29) is 0 Å². The molecule has 0 bridgehead atoms. The van der Waals surface area contributed by atoms with Crippen molar-refractivity contribution in [3.63, 3.8) is 0 Å². The Morgan fingerprint density at radius 2 is 2.55 bits per heavy atom. The van der Waals surface area contributed by atoms with Crippen molar-refractivity contribution < 1.29 is 0 Å². The molecule has 0 radical (unpaired) electrons. The van der Waals surface area contributed by atoms with Crippen LogP contribution in [-0.4, -0.2) is 28.6 Å². The third-order valence-corrected chi connectivity index (χ3v) is 1.36. The molecule has 1 rings (SSSR count). The maximum atomic E-state index is 3.79. The summed E-state index contributed by atoms with van der Waals surface area (Å²) in [7, 11) is 3.78. The molecule has 0 saturated carbocycles. The Hall–Kier alpha value is -1.16. The smallest absolute Gasteiger partial charge is 0.0807 e. The highest BCUT2D eigenvalue weighted by Crippen LogP contribution is 1.94. The average molecular weight is 152 g/mol. The van der Waals surface area contributed by atoms with Crippen LogP contribution in [0.2, 0.25) is 0 Å². The molecule has 0 aromatic carbocycles. The van der Waals surface area contributed by atoms with Gasteiger partial charge in [0.1, 0.15) is 0 Å². The van der Waals surface area contributed by atoms with E-state index in [1.54, 1.807) is 10.9 Å². The van der Waals surface area contributed by atoms with Crippen molar-refractivity contribution in [2.45, 2.75) is 0 Å². The van der Waals surface area contributed by atoms with E-state index < -0.39 is 0 Å². The zero-order valence-electron chi connectivity index (χ0n) is 6.78. The summed E-state index contributed by atoms with van der Waals surface area (Å²) in [6, 6.07) is 0. The van der Waals surface area contributed by atoms with Crippen LogP contribution in [0.25, 0.3) is 6.08 Å². The van der Waals surface area contributed by atoms with E-state index in [0.29, 0.717) is 0 Å². The van der Waals surface area contributed by atoms with E-state index in [2.05, 4.69) is 15.6 Å². The van der Waals surface area contributed by atoms with Crippen LogP contribution in [0, 0.1) is 0 Å². The Kier molecular flexibility index (Phi) is 2.80. The average Bonchev–Trinajstić information content (AvgIpc) is 2.37. The van der Waals surface area contributed by atoms with Crippen molar-refractivity contribution in [3.05, 3.63) is 18.0 Å². The summed E-state index contributed by atoms with van der Waals surface area (Å²) in [5.74, 6) is 0. The number of hydrogen-bond donors (Lipinski definition) is 1. The summed E-state index contributed by atoms with van der Waals surface area (Å²) in [6.07, 6.45) is 5.74. The topological polar surface area (TPSA) is 42.7 Å². The quantitative estimate of drug-likeness (QED) is 0.665. The third-order valence-electron chi connectivity index (χ3n) is 1.36. The van der Waals surface area contributed by atoms with E-state index in [1.165, 1.54) is 0 Å². The van der Waals surface area contributed by atoms with Gasteiger partial charge >= 0.3 is 0 Å². The summed E-state index contributed by atoms with van der Waals surface area (Å²) < 4.78 is 1.73. The van der Waals surface area contributed by atoms with Crippen molar-refractivity contribution in [2.75, 3.05) is 13.6 Å². The molecular weight excluding hydrogens is 140 g/mol. The predicted octanol–water partition coefficient (Wildman–Crippen LogP) is 0.0477. The minimum absolute atomic E-state index is 0.866. The van der Waals surface area contributed by atoms with Gasteiger partial charge in [-0.25, -0.2) is 4.68 Å². The number of nitrogens with zero attached hydrogens (tertiary/aromatic N) is 3. The minimum Gasteiger partial charge on any atom is -0.316 e. The van der Waals surface area contributed by atoms with Crippen LogP contribution in [0.5, 0.6) is 0 Å². The highest BCUT2D eigenvalue weighted by atomic mass is 15.4. The molecule has 4 nitrogen and oxygen atoms in total. The molecule has 0 aliphatic carbocycles. The molecule has 1 aromatic heterocycles. The van der Waals surface area contributed by atoms with Crippen LogP contribution in [-0.2, 0) is 7.05 Å². The number of nitrogens with one attached hydrogen (secondary N) is 1. The van der Waals surface area contributed by atoms with Crippen molar-refractivity contribution in [1.82, 2.24) is 20.3 Å². The Morgan fingerprint density at radius 3 is 3.09 bits per heavy atom. The number of hydrogen-bond acceptors (Lipinski definition) is 3. The monoisotopic (exact) mass is 152 g/mol. The van der Waals surface area contributed by atoms with Crippen LogP contribution < -0.4 is 5.32 Å². The van der Waals surface area contributed by atoms with Gasteiger partial charge in [-0.3, -0.25) is 0 Å². The maximum absolute atomic E-state index is 3.79. The SMILES string of the molecule is CNC/C=C/c1cnnn1C. The first-order chi connectivity index (χ1) is 5.34. The van der Waals surface area contributed by atoms with Crippen molar-refractivity contribution in [3.8, 4) is 0 Å². The third kappa shape index (κ3) is 2.16. The fourth-order valence-electron chi connectivity index (χ4n) is 0.746. The van der Waals surface area contributed by atoms with Gasteiger partial charge in [0, 0.05) is 13.6 Å². The molecular formula is C7H12N4. The number of rotatable bonds is 3. The fraction of sp³-hybridized carbons (Fsp3) is 0.429. The molecule has 1 heterocycles. The Balaban J connectivity index is 2.56. The lowest BCUT2D eigenvalue weighted by molar-refractivity contribution is 0.709. The van der Waals surface area contributed by atoms with Gasteiger partial charge in [0.05, 0.1) is 11.9 Å². The van der Waals surface area contributed by atoms with Crippen LogP contribution in [0.3, 0.4) is 0 Å². The molecule has 0 amide bonds. The Bertz CT molecular complexity index is 238. The minimum atomic E-state index is 0.866. The van der Waals surface area contributed by atoms with E-state index >= 15 is 0 Å². The molecule has 0 spiro atoms. The van der Waals surface area contributed by atoms with Crippen LogP contribution in [0.1, 0.15) is 5.69 Å². The largest absolute Gasteiger partial charge is 0.316 e. The molecule has 0 aliphatic heterocycles. The van der Waals surface area contributed by atoms with Crippen molar-refractivity contribution in [1.29, 1.82) is 0 Å². The zero-order chi connectivity index (χ0) is 8.10. The van der Waals surface area contributed by atoms with Crippen molar-refractivity contribution >= 4 is 6.08 Å². The van der Waals surface area contributed by atoms with Gasteiger partial charge in [-0.15, -0.1) is 5.10 Å². The van der Waals surface area contributed by atoms with Gasteiger partial charge in [0.25, 0.3) is 0 Å². The number of aromatic nitrogens is 3. The molecule has 4 heteroatoms. The Morgan fingerprint density at radius 1 is 1.73 bits per heavy atom. The molecule has 1 N–H and O–H groups in total. The lowest BCUT2D eigenvalue weighted by Crippen LogP contribution is -2.04. The van der Waals surface area contributed by atoms with Gasteiger partial charge < -0.3 is 5.32 Å². The van der Waals surface area contributed by atoms with Gasteiger partial charge in [-0.1, -0.05) is 11.3 Å². The first-order valence-electron chi connectivity index (χ1n) is 3.50. The summed E-state index contributed by atoms with van der Waals surface area (Å²) >= 11 is 0. The van der Waals surface area contributed by atoms with Crippen LogP contribution >= 0.6 is 0 Å². The van der Waals surface area contributed by atoms with Crippen molar-refractivity contribution in [2.24, 2.45) is 7.05 Å². The summed E-state index contributed by atoms with van der Waals surface area (Å²) in [4.78, 5) is 0. The van der Waals surface area contributed by atoms with Gasteiger partial charge in [0.15, 0.2) is 0 Å². The van der Waals surface area contributed by atoms with Gasteiger partial charge in [0.2, 0.25) is 0 Å². The molecule has 0 unspecified atom stereocenters. The molecule has 1 aromatic rings. The molecule has 0 fully saturated rings. The zero-order valence-corrected chi connectivity index (χ0v) is 6.78. The molecule has 0 atom stereocenters. The van der Waals surface area contributed by atoms with Gasteiger partial charge in [-0.2, -0.15) is 0 Å². The molecule has 0 aliphatic rings. The van der Waals surface area contributed by atoms with E-state index in [0.717, 1.165) is 12.2 Å². The lowest BCUT2D eigenvalue weighted by atomic mass is 10.4. The molecule has 0 saturated heterocycles. The Labute approximate surface area is 65.9 Å². The highest BCUT2D eigenvalue weighted by molar-refractivity contribution is 5.42. The first-order valence-corrected chi connectivity index (χ1v) is 3.50. The summed E-state index contributed by atoms with van der Waals surface area (Å²) in [5.41, 5.74) is 1.01. The lowest BCUT2D eigenvalue weighted by Gasteiger charge is -1.91. The van der Waals surface area contributed by atoms with Crippen LogP contribution in [0.4, 0.5) is 0 Å². The predicted molar refractivity (Wildman–Crippen MR) is 44.0 cm³/mol. The highest BCUT2D eigenvalue weighted by Gasteiger charge is 1.91. The summed E-state index contributed by atoms with van der Waals surface area (Å²) in [5, 5.41) is 10.5. The first kappa shape index (κ1) is 7.94. The number of aryl methyl sites for hydroxylation is 1. The van der Waals surface area contributed by atoms with E-state index in [9.17, 15) is 0 Å². The van der Waals surface area contributed by atoms with E-state index in [1.807, 2.05) is 26.2 Å². The van der Waals surface area contributed by atoms with Gasteiger partial charge in [-0.05, 0) is 13.1 Å². The van der Waals surface area contributed by atoms with Crippen LogP contribution in [0.15, 0.2) is 12.3 Å². The van der Waals surface area contributed by atoms with E-state index in [4.69, 9.17) is 0 Å². The standard InChI is InChI=1S/C7H12N4/c1-8-5-3-4-7-6-9-10-11(7)2/h3-4,6,8H,5H2,1-2H3/b4-3+. The second-order valence-corrected chi connectivity index (χ2v) is 2.24. The maximum Gasteiger partial charge on any atom is 0.0807 e. The fourth-order valence-corrected chi connectivity index (χ4v) is 0.746.